The molecule has 0 bridgehead atoms. The Kier molecular flexibility index (Phi) is 5.34. The zero-order chi connectivity index (χ0) is 22.4. The van der Waals surface area contributed by atoms with E-state index in [4.69, 9.17) is 34.8 Å². The Morgan fingerprint density at radius 2 is 1.07 bits per heavy atom. The number of likely N-dealkylation sites (tertiary alicyclic amines) is 2. The fourth-order valence-corrected chi connectivity index (χ4v) is 6.72. The third kappa shape index (κ3) is 2.64. The van der Waals surface area contributed by atoms with Gasteiger partial charge in [0.05, 0.1) is 39.8 Å². The molecule has 0 N–H and O–H groups in total. The van der Waals surface area contributed by atoms with Gasteiger partial charge >= 0.3 is 0 Å². The van der Waals surface area contributed by atoms with Crippen LogP contribution in [0.1, 0.15) is 6.92 Å². The summed E-state index contributed by atoms with van der Waals surface area (Å²) < 4.78 is 43.9. The third-order valence-corrected chi connectivity index (χ3v) is 8.55. The highest BCUT2D eigenvalue weighted by molar-refractivity contribution is 6.31. The Morgan fingerprint density at radius 1 is 0.667 bits per heavy atom. The van der Waals surface area contributed by atoms with Crippen LogP contribution in [0.5, 0.6) is 0 Å². The molecule has 2 aliphatic heterocycles. The van der Waals surface area contributed by atoms with Gasteiger partial charge in [0.15, 0.2) is 0 Å². The highest BCUT2D eigenvalue weighted by Crippen LogP contribution is 2.53. The van der Waals surface area contributed by atoms with E-state index in [1.165, 1.54) is 14.0 Å². The quantitative estimate of drug-likeness (QED) is 0.415. The highest BCUT2D eigenvalue weighted by atomic mass is 35.5. The average Bonchev–Trinajstić information content (AvgIpc) is 3.10. The van der Waals surface area contributed by atoms with E-state index in [9.17, 15) is 32.3 Å². The highest BCUT2D eigenvalue weighted by Gasteiger charge is 2.69. The van der Waals surface area contributed by atoms with Crippen molar-refractivity contribution in [1.29, 1.82) is 0 Å². The number of halogens is 6. The normalized spacial score (nSPS) is 51.5. The number of alkyl halides is 6. The number of hydrogen-bond acceptors (Lipinski definition) is 4. The second-order valence-corrected chi connectivity index (χ2v) is 9.91. The summed E-state index contributed by atoms with van der Waals surface area (Å²) >= 11 is 18.6. The van der Waals surface area contributed by atoms with Crippen molar-refractivity contribution < 1.29 is 32.3 Å². The molecule has 12 unspecified atom stereocenters. The lowest BCUT2D eigenvalue weighted by Crippen LogP contribution is -2.62. The predicted octanol–water partition coefficient (Wildman–Crippen LogP) is 1.69. The minimum atomic E-state index is -2.35. The molecule has 4 rings (SSSR count). The Hall–Kier alpha value is -1.06. The zero-order valence-corrected chi connectivity index (χ0v) is 18.0. The van der Waals surface area contributed by atoms with E-state index < -0.39 is 93.9 Å². The van der Waals surface area contributed by atoms with Gasteiger partial charge < -0.3 is 0 Å². The Morgan fingerprint density at radius 3 is 1.50 bits per heavy atom. The maximum absolute atomic E-state index is 14.9. The number of carbonyl (C=O) groups is 4. The van der Waals surface area contributed by atoms with Gasteiger partial charge in [-0.2, -0.15) is 0 Å². The van der Waals surface area contributed by atoms with E-state index >= 15 is 0 Å². The van der Waals surface area contributed by atoms with Gasteiger partial charge in [-0.05, 0) is 0 Å². The number of fused-ring (bicyclic) bond motifs is 2. The van der Waals surface area contributed by atoms with Gasteiger partial charge in [-0.15, -0.1) is 34.8 Å². The van der Waals surface area contributed by atoms with Crippen LogP contribution in [0.15, 0.2) is 0 Å². The van der Waals surface area contributed by atoms with Crippen LogP contribution in [-0.2, 0) is 19.2 Å². The molecule has 166 valence electrons. The molecule has 4 aliphatic rings. The molecule has 2 saturated carbocycles. The van der Waals surface area contributed by atoms with Crippen molar-refractivity contribution in [3.63, 3.8) is 0 Å². The van der Waals surface area contributed by atoms with Gasteiger partial charge in [-0.25, -0.2) is 13.2 Å². The lowest BCUT2D eigenvalue weighted by Gasteiger charge is -2.42. The zero-order valence-electron chi connectivity index (χ0n) is 15.7. The van der Waals surface area contributed by atoms with Crippen molar-refractivity contribution in [3.05, 3.63) is 0 Å². The molecule has 12 atom stereocenters. The maximum atomic E-state index is 14.9. The summed E-state index contributed by atoms with van der Waals surface area (Å²) in [4.78, 5) is 52.5. The minimum absolute atomic E-state index is 0.410. The predicted molar refractivity (Wildman–Crippen MR) is 100 cm³/mol. The smallest absolute Gasteiger partial charge is 0.235 e. The van der Waals surface area contributed by atoms with E-state index in [0.717, 1.165) is 4.90 Å². The van der Waals surface area contributed by atoms with Crippen LogP contribution in [-0.4, -0.2) is 81.2 Å². The lowest BCUT2D eigenvalue weighted by molar-refractivity contribution is -0.150. The summed E-state index contributed by atoms with van der Waals surface area (Å²) in [5.74, 6) is -9.54. The number of carbonyl (C=O) groups excluding carboxylic acids is 4. The topological polar surface area (TPSA) is 74.8 Å². The summed E-state index contributed by atoms with van der Waals surface area (Å²) in [6.07, 6.45) is -6.55. The van der Waals surface area contributed by atoms with Crippen molar-refractivity contribution in [2.45, 2.75) is 47.6 Å². The number of hydrogen-bond donors (Lipinski definition) is 0. The minimum Gasteiger partial charge on any atom is -0.285 e. The standard InChI is InChI=1S/C18H18Cl3F3N2O4/c1-3-11(22)10(21)13(24)14(12(3)23)26-17(29)6-7(18(26)30)9(20)5-4(8(6)19)15(27)25(2)16(5)28/h3-14H,1-2H3. The second-order valence-electron chi connectivity index (χ2n) is 8.40. The molecule has 0 aromatic rings. The van der Waals surface area contributed by atoms with Crippen molar-refractivity contribution >= 4 is 58.4 Å². The SMILES string of the molecule is CC1C(F)C(Cl)C(F)C(N2C(=O)C3C(Cl)C4C(=O)N(C)C(=O)C4C(Cl)C3C2=O)C1F. The first kappa shape index (κ1) is 22.1. The van der Waals surface area contributed by atoms with Crippen molar-refractivity contribution in [2.75, 3.05) is 7.05 Å². The number of amides is 4. The Balaban J connectivity index is 1.73. The molecule has 4 fully saturated rings. The average molecular weight is 490 g/mol. The molecule has 4 amide bonds. The van der Waals surface area contributed by atoms with Gasteiger partial charge in [0, 0.05) is 13.0 Å². The van der Waals surface area contributed by atoms with E-state index in [2.05, 4.69) is 0 Å². The summed E-state index contributed by atoms with van der Waals surface area (Å²) in [7, 11) is 1.25. The third-order valence-electron chi connectivity index (χ3n) is 6.99. The molecular weight excluding hydrogens is 472 g/mol. The number of imide groups is 2. The number of nitrogens with zero attached hydrogens (tertiary/aromatic N) is 2. The molecule has 30 heavy (non-hydrogen) atoms. The first-order valence-corrected chi connectivity index (χ1v) is 10.8. The molecule has 12 heteroatoms. The first-order valence-electron chi connectivity index (χ1n) is 9.46. The van der Waals surface area contributed by atoms with E-state index in [1.54, 1.807) is 0 Å². The molecule has 6 nitrogen and oxygen atoms in total. The van der Waals surface area contributed by atoms with Gasteiger partial charge in [0.1, 0.15) is 24.6 Å². The summed E-state index contributed by atoms with van der Waals surface area (Å²) in [5.41, 5.74) is 0. The monoisotopic (exact) mass is 488 g/mol. The van der Waals surface area contributed by atoms with Crippen LogP contribution >= 0.6 is 34.8 Å². The molecule has 2 saturated heterocycles. The molecule has 2 aliphatic carbocycles. The lowest BCUT2D eigenvalue weighted by atomic mass is 9.69. The van der Waals surface area contributed by atoms with Crippen molar-refractivity contribution in [3.8, 4) is 0 Å². The Bertz CT molecular complexity index is 772. The second kappa shape index (κ2) is 7.24. The molecule has 0 aromatic heterocycles. The Labute approximate surface area is 184 Å². The van der Waals surface area contributed by atoms with Crippen LogP contribution in [0, 0.1) is 29.6 Å². The number of rotatable bonds is 1. The van der Waals surface area contributed by atoms with Gasteiger partial charge in [0.2, 0.25) is 23.6 Å². The van der Waals surface area contributed by atoms with Crippen molar-refractivity contribution in [1.82, 2.24) is 9.80 Å². The first-order chi connectivity index (χ1) is 13.9. The van der Waals surface area contributed by atoms with Crippen molar-refractivity contribution in [2.24, 2.45) is 29.6 Å². The molecule has 2 heterocycles. The van der Waals surface area contributed by atoms with Gasteiger partial charge in [-0.3, -0.25) is 29.0 Å². The van der Waals surface area contributed by atoms with E-state index in [1.807, 2.05) is 0 Å². The molecular formula is C18H18Cl3F3N2O4. The molecule has 0 aromatic carbocycles. The van der Waals surface area contributed by atoms with Gasteiger partial charge in [0.25, 0.3) is 0 Å². The maximum Gasteiger partial charge on any atom is 0.235 e. The van der Waals surface area contributed by atoms with Crippen LogP contribution in [0.2, 0.25) is 0 Å². The molecule has 0 radical (unpaired) electrons. The van der Waals surface area contributed by atoms with Crippen LogP contribution in [0.3, 0.4) is 0 Å². The van der Waals surface area contributed by atoms with Crippen LogP contribution in [0.25, 0.3) is 0 Å². The van der Waals surface area contributed by atoms with E-state index in [0.29, 0.717) is 4.90 Å². The van der Waals surface area contributed by atoms with E-state index in [-0.39, 0.29) is 0 Å². The molecule has 0 spiro atoms. The van der Waals surface area contributed by atoms with Crippen LogP contribution in [0.4, 0.5) is 13.2 Å². The fourth-order valence-electron chi connectivity index (χ4n) is 5.28. The van der Waals surface area contributed by atoms with Gasteiger partial charge in [-0.1, -0.05) is 6.92 Å². The summed E-state index contributed by atoms with van der Waals surface area (Å²) in [5, 5.41) is -4.29. The largest absolute Gasteiger partial charge is 0.285 e. The summed E-state index contributed by atoms with van der Waals surface area (Å²) in [6.45, 7) is 1.17. The fraction of sp³-hybridized carbons (Fsp3) is 0.778. The summed E-state index contributed by atoms with van der Waals surface area (Å²) in [6, 6.07) is -1.94. The van der Waals surface area contributed by atoms with Crippen LogP contribution < -0.4 is 0 Å².